The quantitative estimate of drug-likeness (QED) is 0.439. The highest BCUT2D eigenvalue weighted by atomic mass is 32.2. The second-order valence-corrected chi connectivity index (χ2v) is 7.59. The van der Waals surface area contributed by atoms with Crippen LogP contribution in [-0.2, 0) is 11.3 Å². The Labute approximate surface area is 172 Å². The Kier molecular flexibility index (Phi) is 6.21. The number of Topliss-reactive ketones (excluding diaryl/α,β-unsaturated/α-hetero) is 1. The average Bonchev–Trinajstić information content (AvgIpc) is 3.16. The molecule has 2 heterocycles. The van der Waals surface area contributed by atoms with Crippen molar-refractivity contribution in [2.45, 2.75) is 11.7 Å². The van der Waals surface area contributed by atoms with Gasteiger partial charge in [0.15, 0.2) is 10.9 Å². The number of morpholine rings is 1. The van der Waals surface area contributed by atoms with Crippen molar-refractivity contribution < 1.29 is 13.9 Å². The summed E-state index contributed by atoms with van der Waals surface area (Å²) in [5, 5.41) is 9.34. The van der Waals surface area contributed by atoms with Gasteiger partial charge in [-0.1, -0.05) is 54.2 Å². The molecule has 3 aromatic rings. The number of halogens is 1. The number of thioether (sulfide) groups is 1. The van der Waals surface area contributed by atoms with Crippen LogP contribution in [0.1, 0.15) is 15.9 Å². The van der Waals surface area contributed by atoms with Gasteiger partial charge in [0.1, 0.15) is 5.82 Å². The van der Waals surface area contributed by atoms with Crippen LogP contribution >= 0.6 is 11.8 Å². The van der Waals surface area contributed by atoms with Crippen LogP contribution in [0.3, 0.4) is 0 Å². The number of benzene rings is 2. The third kappa shape index (κ3) is 4.65. The molecule has 0 bridgehead atoms. The van der Waals surface area contributed by atoms with Crippen LogP contribution in [0.5, 0.6) is 0 Å². The molecule has 1 aliphatic rings. The lowest BCUT2D eigenvalue weighted by atomic mass is 10.1. The summed E-state index contributed by atoms with van der Waals surface area (Å²) in [5.41, 5.74) is 1.21. The Morgan fingerprint density at radius 1 is 1.03 bits per heavy atom. The first-order chi connectivity index (χ1) is 14.2. The Balaban J connectivity index is 1.56. The molecule has 1 aromatic heterocycles. The van der Waals surface area contributed by atoms with Crippen LogP contribution in [0.2, 0.25) is 0 Å². The van der Waals surface area contributed by atoms with E-state index in [1.807, 2.05) is 34.9 Å². The molecule has 0 radical (unpaired) electrons. The number of carbonyl (C=O) groups is 1. The SMILES string of the molecule is O=C(CSc1nnc(N2CCOCC2)n1Cc1ccccc1)c1ccccc1F. The lowest BCUT2D eigenvalue weighted by molar-refractivity contribution is 0.101. The molecule has 0 N–H and O–H groups in total. The smallest absolute Gasteiger partial charge is 0.228 e. The van der Waals surface area contributed by atoms with Gasteiger partial charge in [-0.05, 0) is 17.7 Å². The number of hydrogen-bond donors (Lipinski definition) is 0. The lowest BCUT2D eigenvalue weighted by Crippen LogP contribution is -2.38. The molecule has 0 unspecified atom stereocenters. The summed E-state index contributed by atoms with van der Waals surface area (Å²) in [4.78, 5) is 14.6. The van der Waals surface area contributed by atoms with E-state index < -0.39 is 5.82 Å². The van der Waals surface area contributed by atoms with Crippen molar-refractivity contribution in [3.8, 4) is 0 Å². The van der Waals surface area contributed by atoms with Crippen molar-refractivity contribution in [2.75, 3.05) is 37.0 Å². The van der Waals surface area contributed by atoms with Crippen LogP contribution in [-0.4, -0.2) is 52.6 Å². The Morgan fingerprint density at radius 2 is 1.76 bits per heavy atom. The summed E-state index contributed by atoms with van der Waals surface area (Å²) in [6, 6.07) is 16.1. The first-order valence-electron chi connectivity index (χ1n) is 9.43. The monoisotopic (exact) mass is 412 g/mol. The van der Waals surface area contributed by atoms with Crippen LogP contribution < -0.4 is 4.90 Å². The fraction of sp³-hybridized carbons (Fsp3) is 0.286. The van der Waals surface area contributed by atoms with Crippen molar-refractivity contribution in [1.29, 1.82) is 0 Å². The van der Waals surface area contributed by atoms with Gasteiger partial charge in [0.25, 0.3) is 0 Å². The summed E-state index contributed by atoms with van der Waals surface area (Å²) in [6.45, 7) is 3.37. The molecule has 1 fully saturated rings. The van der Waals surface area contributed by atoms with Crippen molar-refractivity contribution >= 4 is 23.5 Å². The number of aromatic nitrogens is 3. The lowest BCUT2D eigenvalue weighted by Gasteiger charge is -2.28. The largest absolute Gasteiger partial charge is 0.378 e. The molecule has 4 rings (SSSR count). The van der Waals surface area contributed by atoms with Gasteiger partial charge >= 0.3 is 0 Å². The van der Waals surface area contributed by atoms with E-state index in [-0.39, 0.29) is 17.1 Å². The molecule has 150 valence electrons. The van der Waals surface area contributed by atoms with E-state index in [0.29, 0.717) is 24.9 Å². The molecule has 6 nitrogen and oxygen atoms in total. The third-order valence-corrected chi connectivity index (χ3v) is 5.65. The van der Waals surface area contributed by atoms with E-state index >= 15 is 0 Å². The maximum absolute atomic E-state index is 13.9. The standard InChI is InChI=1S/C21H21FN4O2S/c22-18-9-5-4-8-17(18)19(27)15-29-21-24-23-20(25-10-12-28-13-11-25)26(21)14-16-6-2-1-3-7-16/h1-9H,10-15H2. The summed E-state index contributed by atoms with van der Waals surface area (Å²) in [6.07, 6.45) is 0. The minimum atomic E-state index is -0.502. The fourth-order valence-electron chi connectivity index (χ4n) is 3.18. The number of hydrogen-bond acceptors (Lipinski definition) is 6. The second kappa shape index (κ2) is 9.19. The Morgan fingerprint density at radius 3 is 2.52 bits per heavy atom. The first-order valence-corrected chi connectivity index (χ1v) is 10.4. The van der Waals surface area contributed by atoms with Gasteiger partial charge in [0.2, 0.25) is 5.95 Å². The number of anilines is 1. The molecule has 29 heavy (non-hydrogen) atoms. The zero-order chi connectivity index (χ0) is 20.1. The van der Waals surface area contributed by atoms with Gasteiger partial charge in [-0.2, -0.15) is 0 Å². The van der Waals surface area contributed by atoms with E-state index in [1.165, 1.54) is 23.9 Å². The number of ketones is 1. The highest BCUT2D eigenvalue weighted by Gasteiger charge is 2.22. The molecule has 0 saturated carbocycles. The summed E-state index contributed by atoms with van der Waals surface area (Å²) >= 11 is 1.28. The molecule has 2 aromatic carbocycles. The molecular formula is C21H21FN4O2S. The van der Waals surface area contributed by atoms with E-state index in [2.05, 4.69) is 15.1 Å². The predicted octanol–water partition coefficient (Wildman–Crippen LogP) is 3.28. The second-order valence-electron chi connectivity index (χ2n) is 6.65. The summed E-state index contributed by atoms with van der Waals surface area (Å²) in [7, 11) is 0. The normalized spacial score (nSPS) is 14.2. The molecule has 0 aliphatic carbocycles. The van der Waals surface area contributed by atoms with Crippen LogP contribution in [0, 0.1) is 5.82 Å². The van der Waals surface area contributed by atoms with Gasteiger partial charge in [0, 0.05) is 13.1 Å². The highest BCUT2D eigenvalue weighted by molar-refractivity contribution is 7.99. The van der Waals surface area contributed by atoms with Crippen molar-refractivity contribution in [3.63, 3.8) is 0 Å². The minimum absolute atomic E-state index is 0.0942. The van der Waals surface area contributed by atoms with Crippen LogP contribution in [0.25, 0.3) is 0 Å². The molecule has 0 amide bonds. The van der Waals surface area contributed by atoms with Gasteiger partial charge in [-0.3, -0.25) is 9.36 Å². The molecule has 1 saturated heterocycles. The van der Waals surface area contributed by atoms with Crippen molar-refractivity contribution in [1.82, 2.24) is 14.8 Å². The molecule has 8 heteroatoms. The predicted molar refractivity (Wildman–Crippen MR) is 110 cm³/mol. The number of carbonyl (C=O) groups excluding carboxylic acids is 1. The molecule has 1 aliphatic heterocycles. The van der Waals surface area contributed by atoms with E-state index in [1.54, 1.807) is 12.1 Å². The fourth-order valence-corrected chi connectivity index (χ4v) is 4.00. The van der Waals surface area contributed by atoms with Gasteiger partial charge in [-0.25, -0.2) is 4.39 Å². The van der Waals surface area contributed by atoms with Crippen molar-refractivity contribution in [3.05, 3.63) is 71.5 Å². The van der Waals surface area contributed by atoms with E-state index in [9.17, 15) is 9.18 Å². The maximum atomic E-state index is 13.9. The average molecular weight is 412 g/mol. The minimum Gasteiger partial charge on any atom is -0.378 e. The first kappa shape index (κ1) is 19.6. The topological polar surface area (TPSA) is 60.3 Å². The number of rotatable bonds is 7. The highest BCUT2D eigenvalue weighted by Crippen LogP contribution is 2.25. The number of ether oxygens (including phenoxy) is 1. The van der Waals surface area contributed by atoms with Crippen LogP contribution in [0.4, 0.5) is 10.3 Å². The van der Waals surface area contributed by atoms with Crippen molar-refractivity contribution in [2.24, 2.45) is 0 Å². The zero-order valence-electron chi connectivity index (χ0n) is 15.8. The van der Waals surface area contributed by atoms with E-state index in [4.69, 9.17) is 4.74 Å². The molecule has 0 spiro atoms. The summed E-state index contributed by atoms with van der Waals surface area (Å²) < 4.78 is 21.4. The summed E-state index contributed by atoms with van der Waals surface area (Å²) in [5.74, 6) is 0.0860. The molecular weight excluding hydrogens is 391 g/mol. The third-order valence-electron chi connectivity index (χ3n) is 4.68. The zero-order valence-corrected chi connectivity index (χ0v) is 16.6. The Hall–Kier alpha value is -2.71. The van der Waals surface area contributed by atoms with Crippen LogP contribution in [0.15, 0.2) is 59.8 Å². The van der Waals surface area contributed by atoms with Gasteiger partial charge < -0.3 is 9.64 Å². The van der Waals surface area contributed by atoms with Gasteiger partial charge in [-0.15, -0.1) is 10.2 Å². The van der Waals surface area contributed by atoms with E-state index in [0.717, 1.165) is 24.6 Å². The Bertz CT molecular complexity index is 974. The molecule has 0 atom stereocenters. The maximum Gasteiger partial charge on any atom is 0.228 e. The van der Waals surface area contributed by atoms with Gasteiger partial charge in [0.05, 0.1) is 31.1 Å². The number of nitrogens with zero attached hydrogens (tertiary/aromatic N) is 4.